The first kappa shape index (κ1) is 18.5. The lowest BCUT2D eigenvalue weighted by atomic mass is 10.1. The highest BCUT2D eigenvalue weighted by molar-refractivity contribution is 14.0. The standard InChI is InChI=1S/C16H23N5.HI/c1-3-4-10-18-16(17)19-11-14-12-21(2)20-15(14)13-8-6-5-7-9-13;/h5-9,12H,3-4,10-11H2,1-2H3,(H3,17,18,19);1H. The summed E-state index contributed by atoms with van der Waals surface area (Å²) in [5, 5.41) is 7.64. The van der Waals surface area contributed by atoms with Gasteiger partial charge in [-0.15, -0.1) is 24.0 Å². The van der Waals surface area contributed by atoms with E-state index in [0.29, 0.717) is 12.5 Å². The van der Waals surface area contributed by atoms with Crippen LogP contribution in [-0.4, -0.2) is 22.3 Å². The molecule has 0 bridgehead atoms. The number of rotatable bonds is 6. The molecule has 0 saturated carbocycles. The molecule has 0 aliphatic heterocycles. The van der Waals surface area contributed by atoms with Crippen LogP contribution in [0.5, 0.6) is 0 Å². The second kappa shape index (κ2) is 9.45. The summed E-state index contributed by atoms with van der Waals surface area (Å²) in [5.74, 6) is 0.492. The summed E-state index contributed by atoms with van der Waals surface area (Å²) in [7, 11) is 1.92. The van der Waals surface area contributed by atoms with Gasteiger partial charge in [0.15, 0.2) is 5.96 Å². The van der Waals surface area contributed by atoms with E-state index in [4.69, 9.17) is 5.73 Å². The van der Waals surface area contributed by atoms with Crippen molar-refractivity contribution in [3.63, 3.8) is 0 Å². The average Bonchev–Trinajstić information content (AvgIpc) is 2.87. The number of aromatic nitrogens is 2. The van der Waals surface area contributed by atoms with Crippen molar-refractivity contribution < 1.29 is 0 Å². The molecule has 3 N–H and O–H groups in total. The SMILES string of the molecule is CCCCNC(N)=NCc1cn(C)nc1-c1ccccc1.I. The van der Waals surface area contributed by atoms with Crippen molar-refractivity contribution in [1.29, 1.82) is 0 Å². The second-order valence-electron chi connectivity index (χ2n) is 5.02. The fourth-order valence-corrected chi connectivity index (χ4v) is 2.11. The molecule has 0 atom stereocenters. The number of unbranched alkanes of at least 4 members (excludes halogenated alkanes) is 1. The molecule has 2 aromatic rings. The van der Waals surface area contributed by atoms with Crippen LogP contribution in [0.3, 0.4) is 0 Å². The number of nitrogens with one attached hydrogen (secondary N) is 1. The summed E-state index contributed by atoms with van der Waals surface area (Å²) in [6, 6.07) is 10.1. The highest BCUT2D eigenvalue weighted by atomic mass is 127. The molecule has 0 amide bonds. The molecule has 2 rings (SSSR count). The normalized spacial score (nSPS) is 11.1. The van der Waals surface area contributed by atoms with E-state index in [0.717, 1.165) is 36.2 Å². The van der Waals surface area contributed by atoms with Crippen LogP contribution >= 0.6 is 24.0 Å². The average molecular weight is 413 g/mol. The third-order valence-corrected chi connectivity index (χ3v) is 3.21. The largest absolute Gasteiger partial charge is 0.370 e. The highest BCUT2D eigenvalue weighted by Gasteiger charge is 2.09. The molecule has 1 aromatic carbocycles. The molecular weight excluding hydrogens is 389 g/mol. The Balaban J connectivity index is 0.00000242. The molecule has 1 aromatic heterocycles. The molecule has 22 heavy (non-hydrogen) atoms. The Hall–Kier alpha value is -1.57. The Morgan fingerprint density at radius 1 is 1.32 bits per heavy atom. The molecular formula is C16H24IN5. The fourth-order valence-electron chi connectivity index (χ4n) is 2.11. The molecule has 5 nitrogen and oxygen atoms in total. The number of nitrogens with zero attached hydrogens (tertiary/aromatic N) is 3. The minimum Gasteiger partial charge on any atom is -0.370 e. The molecule has 6 heteroatoms. The molecule has 0 aliphatic rings. The van der Waals surface area contributed by atoms with Crippen LogP contribution < -0.4 is 11.1 Å². The quantitative estimate of drug-likeness (QED) is 0.331. The van der Waals surface area contributed by atoms with Crippen LogP contribution in [0.25, 0.3) is 11.3 Å². The Bertz CT molecular complexity index is 592. The number of hydrogen-bond acceptors (Lipinski definition) is 2. The van der Waals surface area contributed by atoms with Gasteiger partial charge < -0.3 is 11.1 Å². The van der Waals surface area contributed by atoms with Crippen LogP contribution in [0, 0.1) is 0 Å². The molecule has 1 heterocycles. The first-order valence-corrected chi connectivity index (χ1v) is 7.32. The number of benzene rings is 1. The summed E-state index contributed by atoms with van der Waals surface area (Å²) < 4.78 is 1.81. The summed E-state index contributed by atoms with van der Waals surface area (Å²) >= 11 is 0. The molecule has 0 saturated heterocycles. The van der Waals surface area contributed by atoms with Crippen LogP contribution in [0.1, 0.15) is 25.3 Å². The van der Waals surface area contributed by atoms with Gasteiger partial charge in [0, 0.05) is 30.9 Å². The van der Waals surface area contributed by atoms with E-state index in [1.165, 1.54) is 0 Å². The second-order valence-corrected chi connectivity index (χ2v) is 5.02. The third-order valence-electron chi connectivity index (χ3n) is 3.21. The van der Waals surface area contributed by atoms with Crippen molar-refractivity contribution in [3.8, 4) is 11.3 Å². The van der Waals surface area contributed by atoms with Crippen molar-refractivity contribution in [2.45, 2.75) is 26.3 Å². The molecule has 0 fully saturated rings. The number of aryl methyl sites for hydroxylation is 1. The molecule has 0 unspecified atom stereocenters. The van der Waals surface area contributed by atoms with Gasteiger partial charge >= 0.3 is 0 Å². The number of guanidine groups is 1. The van der Waals surface area contributed by atoms with Gasteiger partial charge in [-0.2, -0.15) is 5.10 Å². The zero-order valence-corrected chi connectivity index (χ0v) is 15.5. The zero-order valence-electron chi connectivity index (χ0n) is 13.1. The van der Waals surface area contributed by atoms with Gasteiger partial charge in [-0.3, -0.25) is 4.68 Å². The van der Waals surface area contributed by atoms with Crippen molar-refractivity contribution in [2.24, 2.45) is 17.8 Å². The number of halogens is 1. The number of aliphatic imine (C=N–C) groups is 1. The highest BCUT2D eigenvalue weighted by Crippen LogP contribution is 2.21. The maximum atomic E-state index is 5.87. The van der Waals surface area contributed by atoms with Gasteiger partial charge in [0.2, 0.25) is 0 Å². The van der Waals surface area contributed by atoms with E-state index in [-0.39, 0.29) is 24.0 Å². The summed E-state index contributed by atoms with van der Waals surface area (Å²) in [6.07, 6.45) is 4.23. The predicted octanol–water partition coefficient (Wildman–Crippen LogP) is 2.91. The smallest absolute Gasteiger partial charge is 0.188 e. The van der Waals surface area contributed by atoms with Crippen LogP contribution in [0.4, 0.5) is 0 Å². The van der Waals surface area contributed by atoms with E-state index in [2.05, 4.69) is 34.5 Å². The van der Waals surface area contributed by atoms with Crippen LogP contribution in [-0.2, 0) is 13.6 Å². The third kappa shape index (κ3) is 5.32. The van der Waals surface area contributed by atoms with E-state index < -0.39 is 0 Å². The lowest BCUT2D eigenvalue weighted by Gasteiger charge is -2.04. The lowest BCUT2D eigenvalue weighted by molar-refractivity contribution is 0.748. The monoisotopic (exact) mass is 413 g/mol. The number of nitrogens with two attached hydrogens (primary N) is 1. The molecule has 0 spiro atoms. The topological polar surface area (TPSA) is 68.2 Å². The molecule has 0 radical (unpaired) electrons. The first-order chi connectivity index (χ1) is 10.2. The van der Waals surface area contributed by atoms with Gasteiger partial charge in [-0.25, -0.2) is 4.99 Å². The van der Waals surface area contributed by atoms with E-state index >= 15 is 0 Å². The summed E-state index contributed by atoms with van der Waals surface area (Å²) in [6.45, 7) is 3.55. The van der Waals surface area contributed by atoms with Crippen LogP contribution in [0.2, 0.25) is 0 Å². The van der Waals surface area contributed by atoms with Crippen molar-refractivity contribution in [2.75, 3.05) is 6.54 Å². The first-order valence-electron chi connectivity index (χ1n) is 7.32. The van der Waals surface area contributed by atoms with Gasteiger partial charge in [-0.1, -0.05) is 43.7 Å². The van der Waals surface area contributed by atoms with Crippen molar-refractivity contribution in [3.05, 3.63) is 42.1 Å². The van der Waals surface area contributed by atoms with Crippen molar-refractivity contribution in [1.82, 2.24) is 15.1 Å². The van der Waals surface area contributed by atoms with E-state index in [1.54, 1.807) is 0 Å². The van der Waals surface area contributed by atoms with Crippen LogP contribution in [0.15, 0.2) is 41.5 Å². The van der Waals surface area contributed by atoms with Crippen molar-refractivity contribution >= 4 is 29.9 Å². The Kier molecular flexibility index (Phi) is 7.94. The zero-order chi connectivity index (χ0) is 15.1. The maximum Gasteiger partial charge on any atom is 0.188 e. The minimum absolute atomic E-state index is 0. The van der Waals surface area contributed by atoms with Gasteiger partial charge in [0.25, 0.3) is 0 Å². The summed E-state index contributed by atoms with van der Waals surface area (Å²) in [5.41, 5.74) is 9.00. The minimum atomic E-state index is 0. The maximum absolute atomic E-state index is 5.87. The van der Waals surface area contributed by atoms with E-state index in [9.17, 15) is 0 Å². The number of hydrogen-bond donors (Lipinski definition) is 2. The Morgan fingerprint density at radius 3 is 2.73 bits per heavy atom. The van der Waals surface area contributed by atoms with Gasteiger partial charge in [0.05, 0.1) is 12.2 Å². The Morgan fingerprint density at radius 2 is 2.05 bits per heavy atom. The lowest BCUT2D eigenvalue weighted by Crippen LogP contribution is -2.32. The van der Waals surface area contributed by atoms with Gasteiger partial charge in [-0.05, 0) is 6.42 Å². The molecule has 120 valence electrons. The Labute approximate surface area is 149 Å². The molecule has 0 aliphatic carbocycles. The van der Waals surface area contributed by atoms with Gasteiger partial charge in [0.1, 0.15) is 0 Å². The fraction of sp³-hybridized carbons (Fsp3) is 0.375. The van der Waals surface area contributed by atoms with E-state index in [1.807, 2.05) is 36.1 Å². The summed E-state index contributed by atoms with van der Waals surface area (Å²) in [4.78, 5) is 4.40. The predicted molar refractivity (Wildman–Crippen MR) is 102 cm³/mol.